The predicted octanol–water partition coefficient (Wildman–Crippen LogP) is 1.91. The number of hydrogen-bond acceptors (Lipinski definition) is 3. The average molecular weight is 207 g/mol. The van der Waals surface area contributed by atoms with Crippen LogP contribution in [0.15, 0.2) is 29.4 Å². The van der Waals surface area contributed by atoms with Crippen molar-refractivity contribution in [3.8, 4) is 5.75 Å². The number of ether oxygens (including phenoxy) is 1. The van der Waals surface area contributed by atoms with Crippen LogP contribution < -0.4 is 4.74 Å². The zero-order chi connectivity index (χ0) is 10.9. The van der Waals surface area contributed by atoms with Gasteiger partial charge in [0.25, 0.3) is 0 Å². The Labute approximate surface area is 87.9 Å². The first-order chi connectivity index (χ1) is 7.36. The SMILES string of the molecule is [N-]=[N+]=NCCOc1ccc(CCO)cc1. The first kappa shape index (κ1) is 11.4. The van der Waals surface area contributed by atoms with E-state index in [-0.39, 0.29) is 6.61 Å². The number of benzene rings is 1. The smallest absolute Gasteiger partial charge is 0.119 e. The Morgan fingerprint density at radius 2 is 2.07 bits per heavy atom. The van der Waals surface area contributed by atoms with E-state index < -0.39 is 0 Å². The second-order valence-electron chi connectivity index (χ2n) is 2.92. The minimum atomic E-state index is 0.150. The van der Waals surface area contributed by atoms with Gasteiger partial charge >= 0.3 is 0 Å². The Morgan fingerprint density at radius 3 is 2.67 bits per heavy atom. The molecular weight excluding hydrogens is 194 g/mol. The van der Waals surface area contributed by atoms with Crippen LogP contribution in [0.25, 0.3) is 10.4 Å². The molecule has 1 aromatic carbocycles. The largest absolute Gasteiger partial charge is 0.493 e. The van der Waals surface area contributed by atoms with E-state index in [1.54, 1.807) is 0 Å². The fraction of sp³-hybridized carbons (Fsp3) is 0.400. The lowest BCUT2D eigenvalue weighted by Crippen LogP contribution is -2.00. The van der Waals surface area contributed by atoms with Gasteiger partial charge in [0.2, 0.25) is 0 Å². The van der Waals surface area contributed by atoms with Crippen LogP contribution in [-0.2, 0) is 6.42 Å². The summed E-state index contributed by atoms with van der Waals surface area (Å²) in [7, 11) is 0. The van der Waals surface area contributed by atoms with Crippen LogP contribution in [0.5, 0.6) is 5.75 Å². The summed E-state index contributed by atoms with van der Waals surface area (Å²) in [6, 6.07) is 7.47. The van der Waals surface area contributed by atoms with E-state index in [1.807, 2.05) is 24.3 Å². The van der Waals surface area contributed by atoms with E-state index in [1.165, 1.54) is 0 Å². The maximum Gasteiger partial charge on any atom is 0.119 e. The van der Waals surface area contributed by atoms with Crippen molar-refractivity contribution in [2.75, 3.05) is 19.8 Å². The fourth-order valence-electron chi connectivity index (χ4n) is 1.13. The predicted molar refractivity (Wildman–Crippen MR) is 56.7 cm³/mol. The van der Waals surface area contributed by atoms with E-state index in [0.717, 1.165) is 11.3 Å². The molecule has 0 aliphatic carbocycles. The van der Waals surface area contributed by atoms with Gasteiger partial charge in [-0.3, -0.25) is 0 Å². The zero-order valence-electron chi connectivity index (χ0n) is 8.33. The molecular formula is C10H13N3O2. The van der Waals surface area contributed by atoms with E-state index in [9.17, 15) is 0 Å². The van der Waals surface area contributed by atoms with Gasteiger partial charge in [0.1, 0.15) is 5.75 Å². The summed E-state index contributed by atoms with van der Waals surface area (Å²) in [5.41, 5.74) is 9.11. The number of nitrogens with zero attached hydrogens (tertiary/aromatic N) is 3. The van der Waals surface area contributed by atoms with Crippen molar-refractivity contribution in [2.45, 2.75) is 6.42 Å². The van der Waals surface area contributed by atoms with E-state index in [0.29, 0.717) is 19.6 Å². The molecule has 15 heavy (non-hydrogen) atoms. The van der Waals surface area contributed by atoms with Crippen LogP contribution in [0.1, 0.15) is 5.56 Å². The fourth-order valence-corrected chi connectivity index (χ4v) is 1.13. The highest BCUT2D eigenvalue weighted by Gasteiger charge is 1.94. The molecule has 1 N–H and O–H groups in total. The normalized spacial score (nSPS) is 9.40. The van der Waals surface area contributed by atoms with Crippen LogP contribution in [0.4, 0.5) is 0 Å². The molecule has 0 fully saturated rings. The molecule has 0 aromatic heterocycles. The molecule has 0 saturated carbocycles. The average Bonchev–Trinajstić information content (AvgIpc) is 2.27. The maximum atomic E-state index is 8.71. The molecule has 0 unspecified atom stereocenters. The van der Waals surface area contributed by atoms with E-state index in [4.69, 9.17) is 15.4 Å². The minimum Gasteiger partial charge on any atom is -0.493 e. The summed E-state index contributed by atoms with van der Waals surface area (Å²) >= 11 is 0. The van der Waals surface area contributed by atoms with Crippen molar-refractivity contribution >= 4 is 0 Å². The highest BCUT2D eigenvalue weighted by molar-refractivity contribution is 5.27. The molecule has 1 aromatic rings. The highest BCUT2D eigenvalue weighted by Crippen LogP contribution is 2.12. The topological polar surface area (TPSA) is 78.2 Å². The molecule has 0 amide bonds. The van der Waals surface area contributed by atoms with Gasteiger partial charge in [-0.15, -0.1) is 0 Å². The Kier molecular flexibility index (Phi) is 5.08. The molecule has 80 valence electrons. The molecule has 5 nitrogen and oxygen atoms in total. The first-order valence-corrected chi connectivity index (χ1v) is 4.70. The van der Waals surface area contributed by atoms with Crippen molar-refractivity contribution in [1.29, 1.82) is 0 Å². The van der Waals surface area contributed by atoms with Gasteiger partial charge in [0.15, 0.2) is 0 Å². The van der Waals surface area contributed by atoms with Crippen molar-refractivity contribution in [1.82, 2.24) is 0 Å². The van der Waals surface area contributed by atoms with Gasteiger partial charge in [-0.25, -0.2) is 0 Å². The number of aliphatic hydroxyl groups is 1. The Hall–Kier alpha value is -1.71. The van der Waals surface area contributed by atoms with Gasteiger partial charge in [0, 0.05) is 11.5 Å². The lowest BCUT2D eigenvalue weighted by Gasteiger charge is -2.04. The second-order valence-corrected chi connectivity index (χ2v) is 2.92. The van der Waals surface area contributed by atoms with Crippen LogP contribution in [0.2, 0.25) is 0 Å². The lowest BCUT2D eigenvalue weighted by molar-refractivity contribution is 0.299. The molecule has 1 rings (SSSR count). The molecule has 0 heterocycles. The summed E-state index contributed by atoms with van der Waals surface area (Å²) in [5.74, 6) is 0.741. The third-order valence-corrected chi connectivity index (χ3v) is 1.85. The number of rotatable bonds is 6. The summed E-state index contributed by atoms with van der Waals surface area (Å²) in [6.07, 6.45) is 0.652. The monoisotopic (exact) mass is 207 g/mol. The molecule has 0 radical (unpaired) electrons. The number of aliphatic hydroxyl groups excluding tert-OH is 1. The molecule has 0 bridgehead atoms. The molecule has 0 spiro atoms. The van der Waals surface area contributed by atoms with Gasteiger partial charge in [-0.1, -0.05) is 17.2 Å². The van der Waals surface area contributed by atoms with Crippen molar-refractivity contribution in [2.24, 2.45) is 5.11 Å². The van der Waals surface area contributed by atoms with Gasteiger partial charge in [-0.05, 0) is 29.6 Å². The summed E-state index contributed by atoms with van der Waals surface area (Å²) in [6.45, 7) is 0.857. The van der Waals surface area contributed by atoms with Crippen LogP contribution >= 0.6 is 0 Å². The lowest BCUT2D eigenvalue weighted by atomic mass is 10.1. The Morgan fingerprint density at radius 1 is 1.33 bits per heavy atom. The third kappa shape index (κ3) is 4.35. The maximum absolute atomic E-state index is 8.71. The van der Waals surface area contributed by atoms with Crippen LogP contribution in [0, 0.1) is 0 Å². The van der Waals surface area contributed by atoms with Crippen molar-refractivity contribution in [3.05, 3.63) is 40.3 Å². The molecule has 0 saturated heterocycles. The highest BCUT2D eigenvalue weighted by atomic mass is 16.5. The molecule has 5 heteroatoms. The quantitative estimate of drug-likeness (QED) is 0.334. The number of azide groups is 1. The zero-order valence-corrected chi connectivity index (χ0v) is 8.33. The Balaban J connectivity index is 2.38. The summed E-state index contributed by atoms with van der Waals surface area (Å²) in [5, 5.41) is 12.1. The van der Waals surface area contributed by atoms with Crippen LogP contribution in [-0.4, -0.2) is 24.9 Å². The summed E-state index contributed by atoms with van der Waals surface area (Å²) < 4.78 is 5.31. The third-order valence-electron chi connectivity index (χ3n) is 1.85. The first-order valence-electron chi connectivity index (χ1n) is 4.70. The van der Waals surface area contributed by atoms with Gasteiger partial charge < -0.3 is 9.84 Å². The van der Waals surface area contributed by atoms with Crippen molar-refractivity contribution < 1.29 is 9.84 Å². The van der Waals surface area contributed by atoms with Gasteiger partial charge in [-0.2, -0.15) is 0 Å². The number of hydrogen-bond donors (Lipinski definition) is 1. The molecule has 0 aliphatic heterocycles. The Bertz CT molecular complexity index is 331. The van der Waals surface area contributed by atoms with E-state index in [2.05, 4.69) is 10.0 Å². The summed E-state index contributed by atoms with van der Waals surface area (Å²) in [4.78, 5) is 2.62. The van der Waals surface area contributed by atoms with Crippen LogP contribution in [0.3, 0.4) is 0 Å². The standard InChI is InChI=1S/C10H13N3O2/c11-13-12-6-8-15-10-3-1-9(2-4-10)5-7-14/h1-4,14H,5-8H2. The van der Waals surface area contributed by atoms with Crippen molar-refractivity contribution in [3.63, 3.8) is 0 Å². The van der Waals surface area contributed by atoms with E-state index >= 15 is 0 Å². The van der Waals surface area contributed by atoms with Gasteiger partial charge in [0.05, 0.1) is 13.2 Å². The second kappa shape index (κ2) is 6.70. The molecule has 0 atom stereocenters. The minimum absolute atomic E-state index is 0.150. The molecule has 0 aliphatic rings.